The van der Waals surface area contributed by atoms with Gasteiger partial charge in [-0.25, -0.2) is 9.97 Å². The lowest BCUT2D eigenvalue weighted by atomic mass is 10.1. The summed E-state index contributed by atoms with van der Waals surface area (Å²) in [5, 5.41) is 6.83. The van der Waals surface area contributed by atoms with Gasteiger partial charge in [-0.1, -0.05) is 30.3 Å². The maximum absolute atomic E-state index is 5.49. The van der Waals surface area contributed by atoms with Crippen molar-refractivity contribution in [2.45, 2.75) is 6.04 Å². The van der Waals surface area contributed by atoms with Crippen molar-refractivity contribution in [1.29, 1.82) is 0 Å². The Morgan fingerprint density at radius 1 is 1.12 bits per heavy atom. The van der Waals surface area contributed by atoms with E-state index in [4.69, 9.17) is 4.74 Å². The number of quaternary nitrogens is 1. The summed E-state index contributed by atoms with van der Waals surface area (Å²) in [7, 11) is 0. The smallest absolute Gasteiger partial charge is 0.138 e. The van der Waals surface area contributed by atoms with E-state index in [0.717, 1.165) is 48.9 Å². The molecule has 1 aliphatic heterocycles. The van der Waals surface area contributed by atoms with Gasteiger partial charge in [0.1, 0.15) is 42.7 Å². The number of morpholine rings is 1. The maximum Gasteiger partial charge on any atom is 0.138 e. The van der Waals surface area contributed by atoms with Crippen molar-refractivity contribution >= 4 is 27.4 Å². The van der Waals surface area contributed by atoms with Crippen LogP contribution in [0.1, 0.15) is 11.6 Å². The van der Waals surface area contributed by atoms with Crippen LogP contribution in [0.3, 0.4) is 0 Å². The monoisotopic (exact) mass is 341 g/mol. The fourth-order valence-corrected chi connectivity index (χ4v) is 3.89. The Morgan fingerprint density at radius 3 is 2.79 bits per heavy atom. The number of hydrogen-bond acceptors (Lipinski definition) is 5. The SMILES string of the molecule is c1ccc([C@H](C[NH+]2CCOCC2)Nc2ncnc3sccc23)cc1. The van der Waals surface area contributed by atoms with Gasteiger partial charge in [-0.05, 0) is 17.0 Å². The zero-order valence-electron chi connectivity index (χ0n) is 13.4. The fourth-order valence-electron chi connectivity index (χ4n) is 3.16. The summed E-state index contributed by atoms with van der Waals surface area (Å²) >= 11 is 1.65. The minimum absolute atomic E-state index is 0.220. The van der Waals surface area contributed by atoms with Crippen LogP contribution in [0.4, 0.5) is 5.82 Å². The number of nitrogens with zero attached hydrogens (tertiary/aromatic N) is 2. The summed E-state index contributed by atoms with van der Waals surface area (Å²) in [5.41, 5.74) is 1.29. The number of benzene rings is 1. The molecule has 1 saturated heterocycles. The number of anilines is 1. The largest absolute Gasteiger partial charge is 0.370 e. The predicted molar refractivity (Wildman–Crippen MR) is 96.6 cm³/mol. The second kappa shape index (κ2) is 7.25. The molecule has 0 unspecified atom stereocenters. The summed E-state index contributed by atoms with van der Waals surface area (Å²) in [6.07, 6.45) is 1.64. The van der Waals surface area contributed by atoms with Gasteiger partial charge < -0.3 is 15.0 Å². The van der Waals surface area contributed by atoms with Gasteiger partial charge in [-0.2, -0.15) is 0 Å². The lowest BCUT2D eigenvalue weighted by Gasteiger charge is -2.28. The van der Waals surface area contributed by atoms with Gasteiger partial charge in [-0.15, -0.1) is 11.3 Å². The van der Waals surface area contributed by atoms with Crippen LogP contribution < -0.4 is 10.2 Å². The highest BCUT2D eigenvalue weighted by atomic mass is 32.1. The molecule has 0 amide bonds. The molecule has 0 saturated carbocycles. The zero-order chi connectivity index (χ0) is 16.2. The molecule has 3 aromatic rings. The predicted octanol–water partition coefficient (Wildman–Crippen LogP) is 1.76. The average Bonchev–Trinajstić information content (AvgIpc) is 3.13. The van der Waals surface area contributed by atoms with Crippen molar-refractivity contribution < 1.29 is 9.64 Å². The highest BCUT2D eigenvalue weighted by Crippen LogP contribution is 2.26. The van der Waals surface area contributed by atoms with Crippen molar-refractivity contribution in [1.82, 2.24) is 9.97 Å². The zero-order valence-corrected chi connectivity index (χ0v) is 14.3. The highest BCUT2D eigenvalue weighted by molar-refractivity contribution is 7.16. The molecule has 2 N–H and O–H groups in total. The molecule has 1 fully saturated rings. The van der Waals surface area contributed by atoms with Gasteiger partial charge >= 0.3 is 0 Å². The van der Waals surface area contributed by atoms with Crippen molar-refractivity contribution in [2.75, 3.05) is 38.2 Å². The Morgan fingerprint density at radius 2 is 1.96 bits per heavy atom. The van der Waals surface area contributed by atoms with Gasteiger partial charge in [0.15, 0.2) is 0 Å². The van der Waals surface area contributed by atoms with Gasteiger partial charge in [0, 0.05) is 0 Å². The molecule has 0 aliphatic carbocycles. The van der Waals surface area contributed by atoms with Crippen molar-refractivity contribution in [3.05, 3.63) is 53.7 Å². The Kier molecular flexibility index (Phi) is 4.69. The first-order valence-electron chi connectivity index (χ1n) is 8.31. The van der Waals surface area contributed by atoms with Crippen LogP contribution in [0.15, 0.2) is 48.1 Å². The first kappa shape index (κ1) is 15.5. The van der Waals surface area contributed by atoms with E-state index in [1.165, 1.54) is 5.56 Å². The number of aromatic nitrogens is 2. The van der Waals surface area contributed by atoms with E-state index in [0.29, 0.717) is 0 Å². The third-order valence-corrected chi connectivity index (χ3v) is 5.29. The van der Waals surface area contributed by atoms with Gasteiger partial charge in [-0.3, -0.25) is 0 Å². The van der Waals surface area contributed by atoms with Crippen LogP contribution in [0.25, 0.3) is 10.2 Å². The number of ether oxygens (including phenoxy) is 1. The Balaban J connectivity index is 1.61. The van der Waals surface area contributed by atoms with Crippen LogP contribution in [-0.4, -0.2) is 42.8 Å². The molecular weight excluding hydrogens is 320 g/mol. The van der Waals surface area contributed by atoms with Gasteiger partial charge in [0.05, 0.1) is 18.6 Å². The second-order valence-electron chi connectivity index (χ2n) is 6.04. The molecule has 0 radical (unpaired) electrons. The number of thiophene rings is 1. The van der Waals surface area contributed by atoms with Crippen LogP contribution in [0, 0.1) is 0 Å². The molecular formula is C18H21N4OS+. The van der Waals surface area contributed by atoms with Crippen molar-refractivity contribution in [2.24, 2.45) is 0 Å². The highest BCUT2D eigenvalue weighted by Gasteiger charge is 2.22. The van der Waals surface area contributed by atoms with Crippen LogP contribution in [0.5, 0.6) is 0 Å². The molecule has 6 heteroatoms. The molecule has 1 aliphatic rings. The molecule has 3 heterocycles. The minimum atomic E-state index is 0.220. The molecule has 24 heavy (non-hydrogen) atoms. The average molecular weight is 341 g/mol. The summed E-state index contributed by atoms with van der Waals surface area (Å²) in [6.45, 7) is 4.83. The van der Waals surface area contributed by atoms with E-state index >= 15 is 0 Å². The third-order valence-electron chi connectivity index (χ3n) is 4.47. The van der Waals surface area contributed by atoms with Gasteiger partial charge in [0.25, 0.3) is 0 Å². The second-order valence-corrected chi connectivity index (χ2v) is 6.93. The molecule has 5 nitrogen and oxygen atoms in total. The molecule has 1 aromatic carbocycles. The first-order chi connectivity index (χ1) is 11.9. The lowest BCUT2D eigenvalue weighted by molar-refractivity contribution is -0.909. The van der Waals surface area contributed by atoms with Crippen molar-refractivity contribution in [3.8, 4) is 0 Å². The summed E-state index contributed by atoms with van der Waals surface area (Å²) in [5.74, 6) is 0.919. The normalized spacial score (nSPS) is 17.0. The summed E-state index contributed by atoms with van der Waals surface area (Å²) in [6, 6.07) is 12.9. The van der Waals surface area contributed by atoms with E-state index in [9.17, 15) is 0 Å². The van der Waals surface area contributed by atoms with Gasteiger partial charge in [0.2, 0.25) is 0 Å². The molecule has 0 bridgehead atoms. The number of rotatable bonds is 5. The van der Waals surface area contributed by atoms with Crippen LogP contribution >= 0.6 is 11.3 Å². The van der Waals surface area contributed by atoms with Crippen molar-refractivity contribution in [3.63, 3.8) is 0 Å². The topological polar surface area (TPSA) is 51.5 Å². The van der Waals surface area contributed by atoms with Crippen LogP contribution in [0.2, 0.25) is 0 Å². The maximum atomic E-state index is 5.49. The molecule has 124 valence electrons. The van der Waals surface area contributed by atoms with E-state index < -0.39 is 0 Å². The van der Waals surface area contributed by atoms with E-state index in [2.05, 4.69) is 57.1 Å². The quantitative estimate of drug-likeness (QED) is 0.742. The molecule has 1 atom stereocenters. The number of hydrogen-bond donors (Lipinski definition) is 2. The van der Waals surface area contributed by atoms with E-state index in [-0.39, 0.29) is 6.04 Å². The summed E-state index contributed by atoms with van der Waals surface area (Å²) < 4.78 is 5.49. The third kappa shape index (κ3) is 3.40. The molecule has 4 rings (SSSR count). The Hall–Kier alpha value is -2.02. The summed E-state index contributed by atoms with van der Waals surface area (Å²) in [4.78, 5) is 11.4. The first-order valence-corrected chi connectivity index (χ1v) is 9.19. The Labute approximate surface area is 145 Å². The fraction of sp³-hybridized carbons (Fsp3) is 0.333. The molecule has 0 spiro atoms. The van der Waals surface area contributed by atoms with E-state index in [1.807, 2.05) is 0 Å². The minimum Gasteiger partial charge on any atom is -0.370 e. The number of fused-ring (bicyclic) bond motifs is 1. The standard InChI is InChI=1S/C18H20N4OS/c1-2-4-14(5-3-1)16(12-22-7-9-23-10-8-22)21-17-15-6-11-24-18(15)20-13-19-17/h1-6,11,13,16H,7-10,12H2,(H,19,20,21)/p+1/t16-/m0/s1. The Bertz CT molecular complexity index is 786. The van der Waals surface area contributed by atoms with E-state index in [1.54, 1.807) is 22.6 Å². The molecule has 2 aromatic heterocycles. The lowest BCUT2D eigenvalue weighted by Crippen LogP contribution is -3.14. The number of nitrogens with one attached hydrogen (secondary N) is 2. The van der Waals surface area contributed by atoms with Crippen LogP contribution in [-0.2, 0) is 4.74 Å².